The van der Waals surface area contributed by atoms with Crippen LogP contribution in [-0.4, -0.2) is 15.5 Å². The molecule has 30 heavy (non-hydrogen) atoms. The molecule has 0 fully saturated rings. The number of rotatable bonds is 7. The number of hydrogen-bond acceptors (Lipinski definition) is 3. The Kier molecular flexibility index (Phi) is 5.90. The van der Waals surface area contributed by atoms with E-state index in [0.717, 1.165) is 22.6 Å². The first-order valence-electron chi connectivity index (χ1n) is 9.84. The number of carbonyl (C=O) groups excluding carboxylic acids is 1. The van der Waals surface area contributed by atoms with Crippen molar-refractivity contribution in [2.45, 2.75) is 20.1 Å². The Morgan fingerprint density at radius 3 is 2.40 bits per heavy atom. The lowest BCUT2D eigenvalue weighted by Crippen LogP contribution is -2.23. The minimum Gasteiger partial charge on any atom is -0.488 e. The van der Waals surface area contributed by atoms with Crippen LogP contribution in [0, 0.1) is 6.92 Å². The second-order valence-corrected chi connectivity index (χ2v) is 6.96. The number of benzene rings is 3. The molecule has 0 spiro atoms. The van der Waals surface area contributed by atoms with Crippen molar-refractivity contribution in [1.29, 1.82) is 0 Å². The third-order valence-corrected chi connectivity index (χ3v) is 4.86. The van der Waals surface area contributed by atoms with Crippen molar-refractivity contribution in [3.8, 4) is 11.4 Å². The molecule has 5 nitrogen and oxygen atoms in total. The molecule has 3 aromatic carbocycles. The van der Waals surface area contributed by atoms with Gasteiger partial charge < -0.3 is 14.6 Å². The predicted octanol–water partition coefficient (Wildman–Crippen LogP) is 4.69. The lowest BCUT2D eigenvalue weighted by atomic mass is 10.1. The zero-order valence-electron chi connectivity index (χ0n) is 16.8. The van der Waals surface area contributed by atoms with Crippen molar-refractivity contribution < 1.29 is 9.53 Å². The number of nitrogens with one attached hydrogen (secondary N) is 1. The number of imidazole rings is 1. The summed E-state index contributed by atoms with van der Waals surface area (Å²) in [4.78, 5) is 17.0. The van der Waals surface area contributed by atoms with Crippen molar-refractivity contribution >= 4 is 5.91 Å². The molecule has 0 unspecified atom stereocenters. The predicted molar refractivity (Wildman–Crippen MR) is 117 cm³/mol. The molecule has 0 aliphatic carbocycles. The van der Waals surface area contributed by atoms with Gasteiger partial charge in [-0.25, -0.2) is 4.98 Å². The Morgan fingerprint density at radius 2 is 1.67 bits per heavy atom. The molecule has 150 valence electrons. The van der Waals surface area contributed by atoms with E-state index in [1.807, 2.05) is 90.5 Å². The molecule has 4 rings (SSSR count). The molecular formula is C25H23N3O2. The zero-order chi connectivity index (χ0) is 20.8. The lowest BCUT2D eigenvalue weighted by Gasteiger charge is -2.12. The Balaban J connectivity index is 1.39. The van der Waals surface area contributed by atoms with Crippen molar-refractivity contribution in [3.05, 3.63) is 114 Å². The van der Waals surface area contributed by atoms with Crippen LogP contribution in [-0.2, 0) is 13.2 Å². The van der Waals surface area contributed by atoms with Gasteiger partial charge in [-0.15, -0.1) is 0 Å². The van der Waals surface area contributed by atoms with Crippen LogP contribution >= 0.6 is 0 Å². The van der Waals surface area contributed by atoms with E-state index in [4.69, 9.17) is 4.74 Å². The van der Waals surface area contributed by atoms with E-state index in [-0.39, 0.29) is 5.91 Å². The van der Waals surface area contributed by atoms with Gasteiger partial charge in [0.25, 0.3) is 5.91 Å². The van der Waals surface area contributed by atoms with E-state index in [0.29, 0.717) is 24.5 Å². The molecule has 0 aliphatic heterocycles. The molecule has 0 bridgehead atoms. The van der Waals surface area contributed by atoms with Crippen molar-refractivity contribution in [2.24, 2.45) is 0 Å². The van der Waals surface area contributed by atoms with Gasteiger partial charge in [0.05, 0.1) is 5.56 Å². The van der Waals surface area contributed by atoms with Crippen LogP contribution in [0.5, 0.6) is 5.75 Å². The highest BCUT2D eigenvalue weighted by atomic mass is 16.5. The highest BCUT2D eigenvalue weighted by Crippen LogP contribution is 2.20. The summed E-state index contributed by atoms with van der Waals surface area (Å²) in [6.45, 7) is 2.82. The Hall–Kier alpha value is -3.86. The highest BCUT2D eigenvalue weighted by Gasteiger charge is 2.12. The molecule has 1 aromatic heterocycles. The number of nitrogens with zero attached hydrogens (tertiary/aromatic N) is 2. The van der Waals surface area contributed by atoms with Gasteiger partial charge in [0.1, 0.15) is 18.2 Å². The van der Waals surface area contributed by atoms with Crippen LogP contribution in [0.25, 0.3) is 5.69 Å². The molecule has 5 heteroatoms. The fourth-order valence-electron chi connectivity index (χ4n) is 3.22. The second-order valence-electron chi connectivity index (χ2n) is 6.96. The molecular weight excluding hydrogens is 374 g/mol. The summed E-state index contributed by atoms with van der Waals surface area (Å²) >= 11 is 0. The minimum absolute atomic E-state index is 0.159. The van der Waals surface area contributed by atoms with Gasteiger partial charge in [-0.3, -0.25) is 4.79 Å². The molecule has 0 atom stereocenters. The molecule has 1 heterocycles. The second kappa shape index (κ2) is 9.09. The van der Waals surface area contributed by atoms with Crippen LogP contribution in [0.4, 0.5) is 0 Å². The van der Waals surface area contributed by atoms with E-state index in [9.17, 15) is 4.79 Å². The van der Waals surface area contributed by atoms with E-state index in [1.165, 1.54) is 0 Å². The number of aryl methyl sites for hydroxylation is 1. The molecule has 1 N–H and O–H groups in total. The topological polar surface area (TPSA) is 56.2 Å². The number of aromatic nitrogens is 2. The molecule has 0 radical (unpaired) electrons. The molecule has 1 amide bonds. The van der Waals surface area contributed by atoms with Crippen molar-refractivity contribution in [2.75, 3.05) is 0 Å². The third kappa shape index (κ3) is 4.58. The van der Waals surface area contributed by atoms with Crippen LogP contribution in [0.3, 0.4) is 0 Å². The fraction of sp³-hybridized carbons (Fsp3) is 0.120. The van der Waals surface area contributed by atoms with E-state index in [1.54, 1.807) is 12.3 Å². The summed E-state index contributed by atoms with van der Waals surface area (Å²) in [5.74, 6) is 1.35. The summed E-state index contributed by atoms with van der Waals surface area (Å²) in [6.07, 6.45) is 3.71. The lowest BCUT2D eigenvalue weighted by molar-refractivity contribution is 0.0946. The fourth-order valence-corrected chi connectivity index (χ4v) is 3.22. The Labute approximate surface area is 176 Å². The maximum absolute atomic E-state index is 12.7. The van der Waals surface area contributed by atoms with Gasteiger partial charge in [0.15, 0.2) is 0 Å². The number of para-hydroxylation sites is 1. The first-order valence-corrected chi connectivity index (χ1v) is 9.84. The summed E-state index contributed by atoms with van der Waals surface area (Å²) in [5.41, 5.74) is 3.65. The molecule has 0 saturated carbocycles. The van der Waals surface area contributed by atoms with Gasteiger partial charge in [-0.2, -0.15) is 0 Å². The van der Waals surface area contributed by atoms with E-state index in [2.05, 4.69) is 10.3 Å². The number of ether oxygens (including phenoxy) is 1. The average molecular weight is 397 g/mol. The minimum atomic E-state index is -0.159. The van der Waals surface area contributed by atoms with Crippen LogP contribution in [0.1, 0.15) is 27.3 Å². The molecule has 0 saturated heterocycles. The van der Waals surface area contributed by atoms with E-state index >= 15 is 0 Å². The smallest absolute Gasteiger partial charge is 0.255 e. The molecule has 0 aliphatic rings. The first kappa shape index (κ1) is 19.5. The Morgan fingerprint density at radius 1 is 0.933 bits per heavy atom. The summed E-state index contributed by atoms with van der Waals surface area (Å²) in [7, 11) is 0. The van der Waals surface area contributed by atoms with Gasteiger partial charge >= 0.3 is 0 Å². The van der Waals surface area contributed by atoms with Gasteiger partial charge in [-0.05, 0) is 42.3 Å². The van der Waals surface area contributed by atoms with Crippen molar-refractivity contribution in [1.82, 2.24) is 14.9 Å². The van der Waals surface area contributed by atoms with Gasteiger partial charge in [-0.1, -0.05) is 54.6 Å². The van der Waals surface area contributed by atoms with Crippen molar-refractivity contribution in [3.63, 3.8) is 0 Å². The Bertz CT molecular complexity index is 1120. The third-order valence-electron chi connectivity index (χ3n) is 4.86. The molecule has 4 aromatic rings. The quantitative estimate of drug-likeness (QED) is 0.492. The number of carbonyl (C=O) groups is 1. The monoisotopic (exact) mass is 397 g/mol. The largest absolute Gasteiger partial charge is 0.488 e. The SMILES string of the molecule is Cc1nccn1-c1ccc(CNC(=O)c2ccccc2OCc2ccccc2)cc1. The average Bonchev–Trinajstić information content (AvgIpc) is 3.23. The zero-order valence-corrected chi connectivity index (χ0v) is 16.8. The standard InChI is InChI=1S/C25H23N3O2/c1-19-26-15-16-28(19)22-13-11-20(12-14-22)17-27-25(29)23-9-5-6-10-24(23)30-18-21-7-3-2-4-8-21/h2-16H,17-18H2,1H3,(H,27,29). The summed E-state index contributed by atoms with van der Waals surface area (Å²) in [5, 5.41) is 2.98. The van der Waals surface area contributed by atoms with Crippen LogP contribution in [0.15, 0.2) is 91.3 Å². The summed E-state index contributed by atoms with van der Waals surface area (Å²) in [6, 6.07) is 25.3. The first-order chi connectivity index (χ1) is 14.7. The highest BCUT2D eigenvalue weighted by molar-refractivity contribution is 5.96. The maximum Gasteiger partial charge on any atom is 0.255 e. The van der Waals surface area contributed by atoms with Crippen LogP contribution < -0.4 is 10.1 Å². The maximum atomic E-state index is 12.7. The van der Waals surface area contributed by atoms with Gasteiger partial charge in [0.2, 0.25) is 0 Å². The summed E-state index contributed by atoms with van der Waals surface area (Å²) < 4.78 is 7.91. The van der Waals surface area contributed by atoms with E-state index < -0.39 is 0 Å². The normalized spacial score (nSPS) is 10.6. The van der Waals surface area contributed by atoms with Crippen LogP contribution in [0.2, 0.25) is 0 Å². The number of amides is 1. The van der Waals surface area contributed by atoms with Gasteiger partial charge in [0, 0.05) is 24.6 Å². The number of hydrogen-bond donors (Lipinski definition) is 1.